The van der Waals surface area contributed by atoms with Gasteiger partial charge in [0.2, 0.25) is 0 Å². The zero-order valence-corrected chi connectivity index (χ0v) is 11.0. The van der Waals surface area contributed by atoms with Crippen molar-refractivity contribution in [2.75, 3.05) is 12.3 Å². The van der Waals surface area contributed by atoms with Crippen molar-refractivity contribution in [1.82, 2.24) is 15.1 Å². The van der Waals surface area contributed by atoms with Crippen LogP contribution in [0.2, 0.25) is 0 Å². The molecule has 0 fully saturated rings. The number of hydrogen-bond donors (Lipinski definition) is 2. The number of unbranched alkanes of at least 4 members (excludes halogenated alkanes) is 1. The van der Waals surface area contributed by atoms with Crippen LogP contribution in [0.4, 0.5) is 5.69 Å². The molecule has 2 aromatic rings. The van der Waals surface area contributed by atoms with Gasteiger partial charge in [-0.15, -0.1) is 12.3 Å². The molecule has 3 N–H and O–H groups in total. The van der Waals surface area contributed by atoms with Crippen LogP contribution >= 0.6 is 0 Å². The Morgan fingerprint density at radius 3 is 2.95 bits per heavy atom. The molecule has 0 aliphatic heterocycles. The predicted molar refractivity (Wildman–Crippen MR) is 78.4 cm³/mol. The van der Waals surface area contributed by atoms with Gasteiger partial charge in [-0.1, -0.05) is 12.1 Å². The third-order valence-electron chi connectivity index (χ3n) is 2.79. The number of para-hydroxylation sites is 2. The molecule has 102 valence electrons. The average molecular weight is 268 g/mol. The highest BCUT2D eigenvalue weighted by molar-refractivity contribution is 5.92. The minimum atomic E-state index is -0.213. The summed E-state index contributed by atoms with van der Waals surface area (Å²) in [5.74, 6) is 2.32. The second-order valence-electron chi connectivity index (χ2n) is 4.27. The second kappa shape index (κ2) is 6.43. The SMILES string of the molecule is C#CCCCNC(=O)c1ccn(-c2ccccc2N)n1. The molecular weight excluding hydrogens is 252 g/mol. The maximum absolute atomic E-state index is 11.9. The molecule has 1 heterocycles. The van der Waals surface area contributed by atoms with E-state index in [0.29, 0.717) is 24.3 Å². The zero-order chi connectivity index (χ0) is 14.4. The van der Waals surface area contributed by atoms with Gasteiger partial charge in [-0.05, 0) is 24.6 Å². The Balaban J connectivity index is 2.04. The number of carbonyl (C=O) groups excluding carboxylic acids is 1. The number of nitrogen functional groups attached to an aromatic ring is 1. The van der Waals surface area contributed by atoms with E-state index in [4.69, 9.17) is 12.2 Å². The minimum absolute atomic E-state index is 0.213. The molecule has 0 spiro atoms. The smallest absolute Gasteiger partial charge is 0.271 e. The fourth-order valence-electron chi connectivity index (χ4n) is 1.76. The summed E-state index contributed by atoms with van der Waals surface area (Å²) >= 11 is 0. The number of nitrogens with zero attached hydrogens (tertiary/aromatic N) is 2. The molecule has 0 radical (unpaired) electrons. The Bertz CT molecular complexity index is 639. The lowest BCUT2D eigenvalue weighted by molar-refractivity contribution is 0.0948. The first-order chi connectivity index (χ1) is 9.72. The van der Waals surface area contributed by atoms with E-state index in [0.717, 1.165) is 12.1 Å². The zero-order valence-electron chi connectivity index (χ0n) is 11.0. The first-order valence-electron chi connectivity index (χ1n) is 6.34. The maximum atomic E-state index is 11.9. The van der Waals surface area contributed by atoms with E-state index in [2.05, 4.69) is 16.3 Å². The molecule has 2 rings (SSSR count). The highest BCUT2D eigenvalue weighted by Gasteiger charge is 2.10. The summed E-state index contributed by atoms with van der Waals surface area (Å²) in [6.45, 7) is 0.545. The molecule has 0 bridgehead atoms. The number of terminal acetylenes is 1. The van der Waals surface area contributed by atoms with Crippen molar-refractivity contribution in [3.63, 3.8) is 0 Å². The lowest BCUT2D eigenvalue weighted by Gasteiger charge is -2.04. The van der Waals surface area contributed by atoms with Crippen LogP contribution in [0.5, 0.6) is 0 Å². The Morgan fingerprint density at radius 1 is 1.40 bits per heavy atom. The first kappa shape index (κ1) is 13.7. The standard InChI is InChI=1S/C15H16N4O/c1-2-3-6-10-17-15(20)13-9-11-19(18-13)14-8-5-4-7-12(14)16/h1,4-5,7-9,11H,3,6,10,16H2,(H,17,20). The van der Waals surface area contributed by atoms with Crippen LogP contribution < -0.4 is 11.1 Å². The Labute approximate surface area is 117 Å². The van der Waals surface area contributed by atoms with E-state index < -0.39 is 0 Å². The summed E-state index contributed by atoms with van der Waals surface area (Å²) in [7, 11) is 0. The lowest BCUT2D eigenvalue weighted by Crippen LogP contribution is -2.25. The van der Waals surface area contributed by atoms with Gasteiger partial charge in [0.1, 0.15) is 0 Å². The topological polar surface area (TPSA) is 72.9 Å². The van der Waals surface area contributed by atoms with Crippen LogP contribution in [0.25, 0.3) is 5.69 Å². The first-order valence-corrected chi connectivity index (χ1v) is 6.34. The van der Waals surface area contributed by atoms with E-state index in [9.17, 15) is 4.79 Å². The molecule has 0 aliphatic rings. The van der Waals surface area contributed by atoms with Crippen LogP contribution in [0, 0.1) is 12.3 Å². The van der Waals surface area contributed by atoms with Crippen molar-refractivity contribution in [2.24, 2.45) is 0 Å². The van der Waals surface area contributed by atoms with Crippen molar-refractivity contribution in [1.29, 1.82) is 0 Å². The minimum Gasteiger partial charge on any atom is -0.397 e. The van der Waals surface area contributed by atoms with Gasteiger partial charge < -0.3 is 11.1 Å². The van der Waals surface area contributed by atoms with Crippen LogP contribution in [-0.4, -0.2) is 22.2 Å². The van der Waals surface area contributed by atoms with Gasteiger partial charge in [0.05, 0.1) is 11.4 Å². The Morgan fingerprint density at radius 2 is 2.20 bits per heavy atom. The van der Waals surface area contributed by atoms with Gasteiger partial charge in [0.25, 0.3) is 5.91 Å². The molecule has 0 unspecified atom stereocenters. The largest absolute Gasteiger partial charge is 0.397 e. The maximum Gasteiger partial charge on any atom is 0.271 e. The number of hydrogen-bond acceptors (Lipinski definition) is 3. The summed E-state index contributed by atoms with van der Waals surface area (Å²) in [5.41, 5.74) is 7.58. The molecule has 20 heavy (non-hydrogen) atoms. The molecule has 0 saturated carbocycles. The molecule has 5 nitrogen and oxygen atoms in total. The highest BCUT2D eigenvalue weighted by Crippen LogP contribution is 2.15. The van der Waals surface area contributed by atoms with Crippen molar-refractivity contribution in [3.8, 4) is 18.0 Å². The summed E-state index contributed by atoms with van der Waals surface area (Å²) in [4.78, 5) is 11.9. The lowest BCUT2D eigenvalue weighted by atomic mass is 10.3. The number of rotatable bonds is 5. The molecule has 1 aromatic carbocycles. The van der Waals surface area contributed by atoms with Crippen molar-refractivity contribution in [3.05, 3.63) is 42.2 Å². The number of anilines is 1. The van der Waals surface area contributed by atoms with Crippen molar-refractivity contribution in [2.45, 2.75) is 12.8 Å². The molecule has 0 atom stereocenters. The number of aromatic nitrogens is 2. The second-order valence-corrected chi connectivity index (χ2v) is 4.27. The van der Waals surface area contributed by atoms with Gasteiger partial charge in [0.15, 0.2) is 5.69 Å². The van der Waals surface area contributed by atoms with Crippen LogP contribution in [0.3, 0.4) is 0 Å². The number of benzene rings is 1. The third-order valence-corrected chi connectivity index (χ3v) is 2.79. The number of carbonyl (C=O) groups is 1. The molecular formula is C15H16N4O. The van der Waals surface area contributed by atoms with Gasteiger partial charge in [-0.2, -0.15) is 5.10 Å². The molecule has 1 amide bonds. The normalized spacial score (nSPS) is 9.95. The van der Waals surface area contributed by atoms with E-state index in [1.165, 1.54) is 0 Å². The summed E-state index contributed by atoms with van der Waals surface area (Å²) < 4.78 is 1.59. The average Bonchev–Trinajstić information content (AvgIpc) is 2.93. The predicted octanol–water partition coefficient (Wildman–Crippen LogP) is 1.60. The van der Waals surface area contributed by atoms with E-state index in [1.807, 2.05) is 18.2 Å². The van der Waals surface area contributed by atoms with E-state index in [1.54, 1.807) is 23.0 Å². The van der Waals surface area contributed by atoms with Gasteiger partial charge in [-0.3, -0.25) is 4.79 Å². The quantitative estimate of drug-likeness (QED) is 0.491. The van der Waals surface area contributed by atoms with E-state index in [-0.39, 0.29) is 5.91 Å². The Hall–Kier alpha value is -2.74. The Kier molecular flexibility index (Phi) is 4.40. The number of amides is 1. The third kappa shape index (κ3) is 3.18. The summed E-state index contributed by atoms with van der Waals surface area (Å²) in [6.07, 6.45) is 8.27. The molecule has 1 aromatic heterocycles. The molecule has 0 aliphatic carbocycles. The number of nitrogens with one attached hydrogen (secondary N) is 1. The summed E-state index contributed by atoms with van der Waals surface area (Å²) in [5, 5.41) is 7.00. The van der Waals surface area contributed by atoms with E-state index >= 15 is 0 Å². The molecule has 5 heteroatoms. The number of nitrogens with two attached hydrogens (primary N) is 1. The van der Waals surface area contributed by atoms with Crippen molar-refractivity contribution >= 4 is 11.6 Å². The highest BCUT2D eigenvalue weighted by atomic mass is 16.1. The van der Waals surface area contributed by atoms with Gasteiger partial charge in [-0.25, -0.2) is 4.68 Å². The fourth-order valence-corrected chi connectivity index (χ4v) is 1.76. The van der Waals surface area contributed by atoms with Crippen LogP contribution in [-0.2, 0) is 0 Å². The molecule has 0 saturated heterocycles. The fraction of sp³-hybridized carbons (Fsp3) is 0.200. The van der Waals surface area contributed by atoms with Crippen molar-refractivity contribution < 1.29 is 4.79 Å². The monoisotopic (exact) mass is 268 g/mol. The summed E-state index contributed by atoms with van der Waals surface area (Å²) in [6, 6.07) is 9.00. The van der Waals surface area contributed by atoms with Crippen LogP contribution in [0.15, 0.2) is 36.5 Å². The van der Waals surface area contributed by atoms with Gasteiger partial charge in [0, 0.05) is 19.2 Å². The van der Waals surface area contributed by atoms with Crippen LogP contribution in [0.1, 0.15) is 23.3 Å². The van der Waals surface area contributed by atoms with Gasteiger partial charge >= 0.3 is 0 Å².